The van der Waals surface area contributed by atoms with Crippen LogP contribution in [0.5, 0.6) is 5.75 Å². The molecule has 0 radical (unpaired) electrons. The van der Waals surface area contributed by atoms with Gasteiger partial charge in [0.2, 0.25) is 0 Å². The monoisotopic (exact) mass is 284 g/mol. The molecule has 0 spiro atoms. The van der Waals surface area contributed by atoms with Crippen LogP contribution in [-0.2, 0) is 6.42 Å². The molecule has 2 heteroatoms. The van der Waals surface area contributed by atoms with Crippen molar-refractivity contribution >= 4 is 0 Å². The lowest BCUT2D eigenvalue weighted by Gasteiger charge is -2.12. The van der Waals surface area contributed by atoms with Gasteiger partial charge in [-0.3, -0.25) is 0 Å². The van der Waals surface area contributed by atoms with Gasteiger partial charge >= 0.3 is 0 Å². The van der Waals surface area contributed by atoms with E-state index in [0.717, 1.165) is 42.7 Å². The Bertz CT molecular complexity index is 547. The first-order valence-corrected chi connectivity index (χ1v) is 7.62. The highest BCUT2D eigenvalue weighted by Crippen LogP contribution is 2.22. The first kappa shape index (κ1) is 15.6. The maximum atomic E-state index is 9.55. The Kier molecular flexibility index (Phi) is 5.82. The number of aliphatic hydroxyl groups is 1. The maximum Gasteiger partial charge on any atom is 0.122 e. The summed E-state index contributed by atoms with van der Waals surface area (Å²) in [6.07, 6.45) is 2.86. The van der Waals surface area contributed by atoms with Crippen LogP contribution in [0.1, 0.15) is 42.6 Å². The minimum atomic E-state index is -0.427. The van der Waals surface area contributed by atoms with Gasteiger partial charge in [-0.15, -0.1) is 0 Å². The van der Waals surface area contributed by atoms with Crippen LogP contribution in [0.2, 0.25) is 0 Å². The lowest BCUT2D eigenvalue weighted by molar-refractivity contribution is 0.199. The van der Waals surface area contributed by atoms with Gasteiger partial charge < -0.3 is 9.84 Å². The van der Waals surface area contributed by atoms with Crippen molar-refractivity contribution in [2.45, 2.75) is 39.2 Å². The Labute approximate surface area is 127 Å². The molecule has 21 heavy (non-hydrogen) atoms. The van der Waals surface area contributed by atoms with Crippen LogP contribution < -0.4 is 4.74 Å². The lowest BCUT2D eigenvalue weighted by Crippen LogP contribution is -2.01. The highest BCUT2D eigenvalue weighted by atomic mass is 16.5. The van der Waals surface area contributed by atoms with Crippen molar-refractivity contribution in [1.29, 1.82) is 0 Å². The Hall–Kier alpha value is -1.80. The number of benzene rings is 2. The van der Waals surface area contributed by atoms with E-state index in [4.69, 9.17) is 4.74 Å². The van der Waals surface area contributed by atoms with Crippen LogP contribution in [0.3, 0.4) is 0 Å². The molecule has 0 unspecified atom stereocenters. The van der Waals surface area contributed by atoms with E-state index in [1.165, 1.54) is 5.56 Å². The number of unbranched alkanes of at least 4 members (excludes halogenated alkanes) is 1. The van der Waals surface area contributed by atoms with Gasteiger partial charge in [0.05, 0.1) is 12.7 Å². The number of rotatable bonds is 7. The number of aliphatic hydroxyl groups excluding tert-OH is 1. The fraction of sp³-hybridized carbons (Fsp3) is 0.368. The van der Waals surface area contributed by atoms with Crippen molar-refractivity contribution in [3.63, 3.8) is 0 Å². The molecule has 2 nitrogen and oxygen atoms in total. The van der Waals surface area contributed by atoms with Gasteiger partial charge in [-0.2, -0.15) is 0 Å². The first-order chi connectivity index (χ1) is 10.2. The zero-order chi connectivity index (χ0) is 15.1. The Morgan fingerprint density at radius 1 is 1.05 bits per heavy atom. The normalized spacial score (nSPS) is 12.1. The number of hydrogen-bond acceptors (Lipinski definition) is 2. The van der Waals surface area contributed by atoms with E-state index in [1.807, 2.05) is 31.2 Å². The summed E-state index contributed by atoms with van der Waals surface area (Å²) in [4.78, 5) is 0. The summed E-state index contributed by atoms with van der Waals surface area (Å²) in [5.74, 6) is 0.916. The van der Waals surface area contributed by atoms with Gasteiger partial charge in [-0.25, -0.2) is 0 Å². The largest absolute Gasteiger partial charge is 0.493 e. The second-order valence-corrected chi connectivity index (χ2v) is 5.49. The summed E-state index contributed by atoms with van der Waals surface area (Å²) >= 11 is 0. The molecule has 2 aromatic carbocycles. The Balaban J connectivity index is 1.74. The summed E-state index contributed by atoms with van der Waals surface area (Å²) in [6.45, 7) is 4.53. The smallest absolute Gasteiger partial charge is 0.122 e. The second kappa shape index (κ2) is 7.84. The van der Waals surface area contributed by atoms with Crippen LogP contribution >= 0.6 is 0 Å². The summed E-state index contributed by atoms with van der Waals surface area (Å²) < 4.78 is 5.83. The molecule has 2 aromatic rings. The summed E-state index contributed by atoms with van der Waals surface area (Å²) in [5.41, 5.74) is 3.40. The third kappa shape index (κ3) is 4.91. The molecule has 0 heterocycles. The van der Waals surface area contributed by atoms with Crippen molar-refractivity contribution in [3.05, 3.63) is 65.2 Å². The van der Waals surface area contributed by atoms with Crippen molar-refractivity contribution in [1.82, 2.24) is 0 Å². The van der Waals surface area contributed by atoms with Crippen molar-refractivity contribution in [2.24, 2.45) is 0 Å². The molecule has 1 N–H and O–H groups in total. The van der Waals surface area contributed by atoms with Crippen LogP contribution in [0, 0.1) is 6.92 Å². The fourth-order valence-corrected chi connectivity index (χ4v) is 2.35. The minimum Gasteiger partial charge on any atom is -0.493 e. The van der Waals surface area contributed by atoms with E-state index in [1.54, 1.807) is 6.92 Å². The average Bonchev–Trinajstić information content (AvgIpc) is 2.49. The highest BCUT2D eigenvalue weighted by molar-refractivity contribution is 5.36. The van der Waals surface area contributed by atoms with Crippen molar-refractivity contribution in [3.8, 4) is 5.75 Å². The van der Waals surface area contributed by atoms with Crippen LogP contribution in [0.15, 0.2) is 48.5 Å². The zero-order valence-electron chi connectivity index (χ0n) is 12.9. The molecule has 0 aliphatic carbocycles. The predicted octanol–water partition coefficient (Wildman–Crippen LogP) is 4.45. The molecule has 0 aliphatic rings. The third-order valence-corrected chi connectivity index (χ3v) is 3.64. The average molecular weight is 284 g/mol. The fourth-order valence-electron chi connectivity index (χ4n) is 2.35. The van der Waals surface area contributed by atoms with E-state index >= 15 is 0 Å². The van der Waals surface area contributed by atoms with Crippen LogP contribution in [0.4, 0.5) is 0 Å². The minimum absolute atomic E-state index is 0.427. The van der Waals surface area contributed by atoms with Gasteiger partial charge in [0.1, 0.15) is 5.75 Å². The number of hydrogen-bond donors (Lipinski definition) is 1. The zero-order valence-corrected chi connectivity index (χ0v) is 12.9. The van der Waals surface area contributed by atoms with Crippen molar-refractivity contribution in [2.75, 3.05) is 6.61 Å². The summed E-state index contributed by atoms with van der Waals surface area (Å²) in [7, 11) is 0. The van der Waals surface area contributed by atoms with E-state index in [2.05, 4.69) is 24.3 Å². The molecule has 0 fully saturated rings. The van der Waals surface area contributed by atoms with Gasteiger partial charge in [0.25, 0.3) is 0 Å². The summed E-state index contributed by atoms with van der Waals surface area (Å²) in [5, 5.41) is 9.55. The van der Waals surface area contributed by atoms with Crippen molar-refractivity contribution < 1.29 is 9.84 Å². The molecule has 0 bridgehead atoms. The standard InChI is InChI=1S/C19H24O2/c1-15-14-18(16(2)20)11-12-19(15)21-13-7-6-10-17-8-4-3-5-9-17/h3-5,8-9,11-12,14,16,20H,6-7,10,13H2,1-2H3/t16-/m0/s1. The lowest BCUT2D eigenvalue weighted by atomic mass is 10.1. The molecular formula is C19H24O2. The molecule has 0 aromatic heterocycles. The van der Waals surface area contributed by atoms with E-state index in [9.17, 15) is 5.11 Å². The van der Waals surface area contributed by atoms with Gasteiger partial charge in [0.15, 0.2) is 0 Å². The molecule has 0 aliphatic heterocycles. The quantitative estimate of drug-likeness (QED) is 0.761. The highest BCUT2D eigenvalue weighted by Gasteiger charge is 2.05. The van der Waals surface area contributed by atoms with Gasteiger partial charge in [-0.05, 0) is 61.9 Å². The molecule has 2 rings (SSSR count). The Morgan fingerprint density at radius 2 is 1.81 bits per heavy atom. The number of ether oxygens (including phenoxy) is 1. The SMILES string of the molecule is Cc1cc([C@H](C)O)ccc1OCCCCc1ccccc1. The second-order valence-electron chi connectivity index (χ2n) is 5.49. The number of aryl methyl sites for hydroxylation is 2. The predicted molar refractivity (Wildman–Crippen MR) is 86.7 cm³/mol. The molecule has 1 atom stereocenters. The Morgan fingerprint density at radius 3 is 2.48 bits per heavy atom. The molecule has 0 amide bonds. The van der Waals surface area contributed by atoms with E-state index < -0.39 is 6.10 Å². The van der Waals surface area contributed by atoms with Crippen LogP contribution in [0.25, 0.3) is 0 Å². The first-order valence-electron chi connectivity index (χ1n) is 7.62. The van der Waals surface area contributed by atoms with E-state index in [0.29, 0.717) is 0 Å². The molecule has 0 saturated carbocycles. The third-order valence-electron chi connectivity index (χ3n) is 3.64. The van der Waals surface area contributed by atoms with Crippen LogP contribution in [-0.4, -0.2) is 11.7 Å². The summed E-state index contributed by atoms with van der Waals surface area (Å²) in [6, 6.07) is 16.4. The maximum absolute atomic E-state index is 9.55. The topological polar surface area (TPSA) is 29.5 Å². The van der Waals surface area contributed by atoms with E-state index in [-0.39, 0.29) is 0 Å². The van der Waals surface area contributed by atoms with Gasteiger partial charge in [0, 0.05) is 0 Å². The van der Waals surface area contributed by atoms with Gasteiger partial charge in [-0.1, -0.05) is 36.4 Å². The molecule has 0 saturated heterocycles. The molecular weight excluding hydrogens is 260 g/mol. The molecule has 112 valence electrons.